The van der Waals surface area contributed by atoms with Gasteiger partial charge in [-0.05, 0) is 25.2 Å². The molecule has 1 saturated carbocycles. The number of hydrogen-bond donors (Lipinski definition) is 2. The molecule has 2 heteroatoms. The minimum Gasteiger partial charge on any atom is -0.396 e. The van der Waals surface area contributed by atoms with E-state index in [-0.39, 0.29) is 0 Å². The van der Waals surface area contributed by atoms with Crippen molar-refractivity contribution in [3.63, 3.8) is 0 Å². The molecule has 0 heterocycles. The summed E-state index contributed by atoms with van der Waals surface area (Å²) in [6, 6.07) is 1.24. The Bertz CT molecular complexity index is 114. The van der Waals surface area contributed by atoms with Crippen LogP contribution in [-0.4, -0.2) is 23.8 Å². The monoisotopic (exact) mass is 157 g/mol. The van der Waals surface area contributed by atoms with Gasteiger partial charge in [0.15, 0.2) is 0 Å². The predicted molar refractivity (Wildman–Crippen MR) is 46.5 cm³/mol. The maximum atomic E-state index is 8.89. The third kappa shape index (κ3) is 2.80. The molecule has 0 aromatic heterocycles. The number of rotatable bonds is 3. The highest BCUT2D eigenvalue weighted by Gasteiger charge is 2.23. The molecule has 1 aliphatic carbocycles. The van der Waals surface area contributed by atoms with E-state index in [1.54, 1.807) is 0 Å². The third-order valence-electron chi connectivity index (χ3n) is 2.37. The first-order chi connectivity index (χ1) is 5.22. The Morgan fingerprint density at radius 3 is 2.64 bits per heavy atom. The average Bonchev–Trinajstić information content (AvgIpc) is 2.34. The molecular weight excluding hydrogens is 138 g/mol. The minimum atomic E-state index is 0.371. The zero-order chi connectivity index (χ0) is 8.27. The van der Waals surface area contributed by atoms with E-state index in [0.717, 1.165) is 6.42 Å². The van der Waals surface area contributed by atoms with Crippen LogP contribution in [0.1, 0.15) is 33.1 Å². The summed E-state index contributed by atoms with van der Waals surface area (Å²) >= 11 is 0. The summed E-state index contributed by atoms with van der Waals surface area (Å²) in [5.41, 5.74) is 0. The first-order valence-electron chi connectivity index (χ1n) is 4.59. The van der Waals surface area contributed by atoms with Crippen LogP contribution in [0, 0.1) is 5.92 Å². The molecule has 2 nitrogen and oxygen atoms in total. The molecule has 0 unspecified atom stereocenters. The second-order valence-corrected chi connectivity index (χ2v) is 3.88. The lowest BCUT2D eigenvalue weighted by Gasteiger charge is -2.15. The highest BCUT2D eigenvalue weighted by atomic mass is 16.3. The van der Waals surface area contributed by atoms with E-state index >= 15 is 0 Å². The Kier molecular flexibility index (Phi) is 3.34. The second kappa shape index (κ2) is 4.07. The van der Waals surface area contributed by atoms with Gasteiger partial charge in [-0.3, -0.25) is 0 Å². The van der Waals surface area contributed by atoms with Gasteiger partial charge in [-0.2, -0.15) is 0 Å². The molecule has 2 N–H and O–H groups in total. The van der Waals surface area contributed by atoms with E-state index in [0.29, 0.717) is 24.6 Å². The summed E-state index contributed by atoms with van der Waals surface area (Å²) in [4.78, 5) is 0. The Morgan fingerprint density at radius 2 is 2.18 bits per heavy atom. The van der Waals surface area contributed by atoms with Gasteiger partial charge < -0.3 is 10.4 Å². The Labute approximate surface area is 69.0 Å². The van der Waals surface area contributed by atoms with Crippen LogP contribution in [0.2, 0.25) is 0 Å². The zero-order valence-electron chi connectivity index (χ0n) is 7.51. The number of nitrogens with one attached hydrogen (secondary N) is 1. The van der Waals surface area contributed by atoms with Crippen LogP contribution in [-0.2, 0) is 0 Å². The molecule has 2 atom stereocenters. The molecule has 0 bridgehead atoms. The lowest BCUT2D eigenvalue weighted by Crippen LogP contribution is -2.32. The maximum Gasteiger partial charge on any atom is 0.0459 e. The first kappa shape index (κ1) is 9.01. The largest absolute Gasteiger partial charge is 0.396 e. The summed E-state index contributed by atoms with van der Waals surface area (Å²) in [7, 11) is 0. The lowest BCUT2D eigenvalue weighted by molar-refractivity contribution is 0.227. The molecule has 0 amide bonds. The van der Waals surface area contributed by atoms with Gasteiger partial charge in [0.1, 0.15) is 0 Å². The smallest absolute Gasteiger partial charge is 0.0459 e. The van der Waals surface area contributed by atoms with E-state index in [9.17, 15) is 0 Å². The van der Waals surface area contributed by atoms with Crippen molar-refractivity contribution in [3.8, 4) is 0 Å². The molecule has 0 aromatic carbocycles. The molecule has 66 valence electrons. The van der Waals surface area contributed by atoms with E-state index in [4.69, 9.17) is 5.11 Å². The quantitative estimate of drug-likeness (QED) is 0.644. The Hall–Kier alpha value is -0.0800. The first-order valence-corrected chi connectivity index (χ1v) is 4.59. The highest BCUT2D eigenvalue weighted by Crippen LogP contribution is 2.24. The van der Waals surface area contributed by atoms with Gasteiger partial charge in [0.2, 0.25) is 0 Å². The normalized spacial score (nSPS) is 31.6. The van der Waals surface area contributed by atoms with Crippen molar-refractivity contribution < 1.29 is 5.11 Å². The minimum absolute atomic E-state index is 0.371. The van der Waals surface area contributed by atoms with Crippen LogP contribution in [0.25, 0.3) is 0 Å². The molecule has 0 aliphatic heterocycles. The van der Waals surface area contributed by atoms with Crippen molar-refractivity contribution >= 4 is 0 Å². The maximum absolute atomic E-state index is 8.89. The van der Waals surface area contributed by atoms with Crippen molar-refractivity contribution in [2.75, 3.05) is 6.61 Å². The fourth-order valence-corrected chi connectivity index (χ4v) is 1.86. The zero-order valence-corrected chi connectivity index (χ0v) is 7.51. The summed E-state index contributed by atoms with van der Waals surface area (Å²) in [5.74, 6) is 0.561. The lowest BCUT2D eigenvalue weighted by atomic mass is 10.1. The Balaban J connectivity index is 2.19. The number of hydrogen-bond acceptors (Lipinski definition) is 2. The van der Waals surface area contributed by atoms with Crippen LogP contribution in [0.4, 0.5) is 0 Å². The molecule has 1 rings (SSSR count). The van der Waals surface area contributed by atoms with Gasteiger partial charge in [0, 0.05) is 18.7 Å². The van der Waals surface area contributed by atoms with E-state index in [1.165, 1.54) is 12.8 Å². The van der Waals surface area contributed by atoms with Gasteiger partial charge >= 0.3 is 0 Å². The second-order valence-electron chi connectivity index (χ2n) is 3.88. The van der Waals surface area contributed by atoms with Gasteiger partial charge in [-0.25, -0.2) is 0 Å². The van der Waals surface area contributed by atoms with Crippen molar-refractivity contribution in [3.05, 3.63) is 0 Å². The SMILES string of the molecule is CC(C)N[C@@H]1CC[C@H](CO)C1. The number of aliphatic hydroxyl groups is 1. The van der Waals surface area contributed by atoms with E-state index in [2.05, 4.69) is 19.2 Å². The van der Waals surface area contributed by atoms with Crippen molar-refractivity contribution in [2.24, 2.45) is 5.92 Å². The summed E-state index contributed by atoms with van der Waals surface area (Å²) in [6.07, 6.45) is 3.60. The summed E-state index contributed by atoms with van der Waals surface area (Å²) in [6.45, 7) is 4.72. The van der Waals surface area contributed by atoms with Crippen molar-refractivity contribution in [2.45, 2.75) is 45.2 Å². The number of aliphatic hydroxyl groups excluding tert-OH is 1. The third-order valence-corrected chi connectivity index (χ3v) is 2.37. The van der Waals surface area contributed by atoms with Crippen molar-refractivity contribution in [1.82, 2.24) is 5.32 Å². The van der Waals surface area contributed by atoms with Gasteiger partial charge in [-0.1, -0.05) is 13.8 Å². The molecule has 1 aliphatic rings. The van der Waals surface area contributed by atoms with Crippen LogP contribution in [0.15, 0.2) is 0 Å². The fraction of sp³-hybridized carbons (Fsp3) is 1.00. The molecule has 0 radical (unpaired) electrons. The van der Waals surface area contributed by atoms with Crippen LogP contribution < -0.4 is 5.32 Å². The Morgan fingerprint density at radius 1 is 1.45 bits per heavy atom. The molecule has 1 fully saturated rings. The fourth-order valence-electron chi connectivity index (χ4n) is 1.86. The predicted octanol–water partition coefficient (Wildman–Crippen LogP) is 1.15. The average molecular weight is 157 g/mol. The molecule has 0 saturated heterocycles. The van der Waals surface area contributed by atoms with E-state index < -0.39 is 0 Å². The van der Waals surface area contributed by atoms with Gasteiger partial charge in [0.25, 0.3) is 0 Å². The van der Waals surface area contributed by atoms with E-state index in [1.807, 2.05) is 0 Å². The molecule has 11 heavy (non-hydrogen) atoms. The highest BCUT2D eigenvalue weighted by molar-refractivity contribution is 4.80. The van der Waals surface area contributed by atoms with Crippen LogP contribution in [0.3, 0.4) is 0 Å². The van der Waals surface area contributed by atoms with Crippen LogP contribution in [0.5, 0.6) is 0 Å². The summed E-state index contributed by atoms with van der Waals surface area (Å²) in [5, 5.41) is 12.4. The topological polar surface area (TPSA) is 32.3 Å². The van der Waals surface area contributed by atoms with Gasteiger partial charge in [0.05, 0.1) is 0 Å². The molecule has 0 aromatic rings. The standard InChI is InChI=1S/C9H19NO/c1-7(2)10-9-4-3-8(5-9)6-11/h7-11H,3-6H2,1-2H3/t8-,9+/m0/s1. The molecule has 0 spiro atoms. The summed E-state index contributed by atoms with van der Waals surface area (Å²) < 4.78 is 0. The van der Waals surface area contributed by atoms with Crippen molar-refractivity contribution in [1.29, 1.82) is 0 Å². The van der Waals surface area contributed by atoms with Gasteiger partial charge in [-0.15, -0.1) is 0 Å². The van der Waals surface area contributed by atoms with Crippen LogP contribution >= 0.6 is 0 Å². The molecular formula is C9H19NO.